The third kappa shape index (κ3) is 4.64. The van der Waals surface area contributed by atoms with E-state index < -0.39 is 9.84 Å². The van der Waals surface area contributed by atoms with Crippen LogP contribution in [0.4, 0.5) is 0 Å². The second-order valence-corrected chi connectivity index (χ2v) is 9.12. The Kier molecular flexibility index (Phi) is 6.32. The second-order valence-electron chi connectivity index (χ2n) is 6.89. The molecule has 1 fully saturated rings. The maximum absolute atomic E-state index is 13.5. The zero-order valence-electron chi connectivity index (χ0n) is 16.8. The van der Waals surface area contributed by atoms with E-state index in [0.29, 0.717) is 35.8 Å². The van der Waals surface area contributed by atoms with Gasteiger partial charge in [-0.1, -0.05) is 30.3 Å². The Morgan fingerprint density at radius 3 is 2.14 bits per heavy atom. The minimum atomic E-state index is -3.15. The van der Waals surface area contributed by atoms with Crippen molar-refractivity contribution in [1.82, 2.24) is 4.90 Å². The van der Waals surface area contributed by atoms with Gasteiger partial charge in [0.2, 0.25) is 5.75 Å². The molecule has 0 bridgehead atoms. The van der Waals surface area contributed by atoms with Crippen LogP contribution in [-0.2, 0) is 16.4 Å². The summed E-state index contributed by atoms with van der Waals surface area (Å²) in [5.41, 5.74) is 1.28. The van der Waals surface area contributed by atoms with Crippen LogP contribution in [0.25, 0.3) is 0 Å². The Bertz CT molecular complexity index is 949. The van der Waals surface area contributed by atoms with Crippen molar-refractivity contribution in [3.63, 3.8) is 0 Å². The van der Waals surface area contributed by atoms with E-state index in [1.165, 1.54) is 21.3 Å². The number of nitrogens with zero attached hydrogens (tertiary/aromatic N) is 1. The Balaban J connectivity index is 2.00. The molecule has 8 heteroatoms. The molecule has 1 aliphatic heterocycles. The summed E-state index contributed by atoms with van der Waals surface area (Å²) in [6, 6.07) is 12.3. The molecule has 0 aromatic heterocycles. The van der Waals surface area contributed by atoms with Crippen molar-refractivity contribution in [2.75, 3.05) is 32.8 Å². The fourth-order valence-corrected chi connectivity index (χ4v) is 5.27. The summed E-state index contributed by atoms with van der Waals surface area (Å²) in [6.07, 6.45) is 0.422. The molecule has 2 aromatic rings. The first-order chi connectivity index (χ1) is 13.9. The Morgan fingerprint density at radius 1 is 1.03 bits per heavy atom. The third-order valence-electron chi connectivity index (χ3n) is 5.02. The van der Waals surface area contributed by atoms with Crippen LogP contribution >= 0.6 is 0 Å². The van der Waals surface area contributed by atoms with E-state index in [-0.39, 0.29) is 23.5 Å². The standard InChI is InChI=1S/C21H25NO6S/c1-26-18-11-16(12-19(27-2)20(18)28-3)21(23)22(13-15-7-5-4-6-8-15)17-9-10-29(24,25)14-17/h4-8,11-12,17H,9-10,13-14H2,1-3H3. The van der Waals surface area contributed by atoms with Crippen molar-refractivity contribution in [1.29, 1.82) is 0 Å². The molecule has 1 amide bonds. The van der Waals surface area contributed by atoms with Gasteiger partial charge in [-0.2, -0.15) is 0 Å². The molecule has 1 heterocycles. The maximum atomic E-state index is 13.5. The summed E-state index contributed by atoms with van der Waals surface area (Å²) in [7, 11) is 1.31. The van der Waals surface area contributed by atoms with Crippen molar-refractivity contribution in [3.8, 4) is 17.2 Å². The number of rotatable bonds is 7. The molecule has 0 spiro atoms. The first-order valence-corrected chi connectivity index (χ1v) is 11.1. The van der Waals surface area contributed by atoms with E-state index in [2.05, 4.69) is 0 Å². The Labute approximate surface area is 171 Å². The van der Waals surface area contributed by atoms with Gasteiger partial charge in [-0.05, 0) is 24.1 Å². The minimum Gasteiger partial charge on any atom is -0.493 e. The van der Waals surface area contributed by atoms with Gasteiger partial charge < -0.3 is 19.1 Å². The summed E-state index contributed by atoms with van der Waals surface area (Å²) in [5.74, 6) is 0.907. The zero-order chi connectivity index (χ0) is 21.0. The predicted octanol–water partition coefficient (Wildman–Crippen LogP) is 2.54. The number of carbonyl (C=O) groups is 1. The molecule has 1 unspecified atom stereocenters. The van der Waals surface area contributed by atoms with Crippen LogP contribution in [-0.4, -0.2) is 58.1 Å². The highest BCUT2D eigenvalue weighted by Gasteiger charge is 2.35. The van der Waals surface area contributed by atoms with Gasteiger partial charge in [-0.3, -0.25) is 4.79 Å². The lowest BCUT2D eigenvalue weighted by atomic mass is 10.1. The monoisotopic (exact) mass is 419 g/mol. The van der Waals surface area contributed by atoms with E-state index in [1.807, 2.05) is 30.3 Å². The average Bonchev–Trinajstić information content (AvgIpc) is 3.10. The predicted molar refractivity (Wildman–Crippen MR) is 109 cm³/mol. The van der Waals surface area contributed by atoms with Gasteiger partial charge in [-0.25, -0.2) is 8.42 Å². The molecule has 29 heavy (non-hydrogen) atoms. The van der Waals surface area contributed by atoms with Gasteiger partial charge in [0.05, 0.1) is 32.8 Å². The molecule has 0 radical (unpaired) electrons. The maximum Gasteiger partial charge on any atom is 0.254 e. The summed E-state index contributed by atoms with van der Waals surface area (Å²) in [5, 5.41) is 0. The number of ether oxygens (including phenoxy) is 3. The van der Waals surface area contributed by atoms with Gasteiger partial charge in [-0.15, -0.1) is 0 Å². The number of benzene rings is 2. The van der Waals surface area contributed by atoms with Crippen molar-refractivity contribution in [3.05, 3.63) is 53.6 Å². The lowest BCUT2D eigenvalue weighted by Gasteiger charge is -2.29. The van der Waals surface area contributed by atoms with E-state index in [0.717, 1.165) is 5.56 Å². The van der Waals surface area contributed by atoms with Crippen molar-refractivity contribution < 1.29 is 27.4 Å². The Hall–Kier alpha value is -2.74. The topological polar surface area (TPSA) is 82.1 Å². The fourth-order valence-electron chi connectivity index (χ4n) is 3.54. The van der Waals surface area contributed by atoms with Crippen LogP contribution in [0.1, 0.15) is 22.3 Å². The number of amides is 1. The van der Waals surface area contributed by atoms with Gasteiger partial charge in [0.1, 0.15) is 0 Å². The third-order valence-corrected chi connectivity index (χ3v) is 6.77. The second kappa shape index (κ2) is 8.73. The molecule has 1 aliphatic rings. The molecule has 156 valence electrons. The molecule has 7 nitrogen and oxygen atoms in total. The van der Waals surface area contributed by atoms with Gasteiger partial charge >= 0.3 is 0 Å². The Morgan fingerprint density at radius 2 is 1.66 bits per heavy atom. The number of hydrogen-bond donors (Lipinski definition) is 0. The molecule has 3 rings (SSSR count). The van der Waals surface area contributed by atoms with Crippen LogP contribution in [0.3, 0.4) is 0 Å². The highest BCUT2D eigenvalue weighted by molar-refractivity contribution is 7.91. The van der Waals surface area contributed by atoms with Gasteiger partial charge in [0.15, 0.2) is 21.3 Å². The normalized spacial score (nSPS) is 17.6. The molecule has 0 saturated carbocycles. The lowest BCUT2D eigenvalue weighted by molar-refractivity contribution is 0.0680. The van der Waals surface area contributed by atoms with Crippen molar-refractivity contribution >= 4 is 15.7 Å². The van der Waals surface area contributed by atoms with Crippen LogP contribution < -0.4 is 14.2 Å². The SMILES string of the molecule is COc1cc(C(=O)N(Cc2ccccc2)C2CCS(=O)(=O)C2)cc(OC)c1OC. The largest absolute Gasteiger partial charge is 0.493 e. The zero-order valence-corrected chi connectivity index (χ0v) is 17.6. The van der Waals surface area contributed by atoms with Crippen molar-refractivity contribution in [2.45, 2.75) is 19.0 Å². The minimum absolute atomic E-state index is 0.0317. The first-order valence-electron chi connectivity index (χ1n) is 9.24. The molecule has 1 saturated heterocycles. The fraction of sp³-hybridized carbons (Fsp3) is 0.381. The van der Waals surface area contributed by atoms with E-state index in [1.54, 1.807) is 17.0 Å². The quantitative estimate of drug-likeness (QED) is 0.686. The van der Waals surface area contributed by atoms with E-state index in [9.17, 15) is 13.2 Å². The summed E-state index contributed by atoms with van der Waals surface area (Å²) in [6.45, 7) is 0.316. The summed E-state index contributed by atoms with van der Waals surface area (Å²) < 4.78 is 40.1. The van der Waals surface area contributed by atoms with Crippen molar-refractivity contribution in [2.24, 2.45) is 0 Å². The van der Waals surface area contributed by atoms with Crippen LogP contribution in [0.2, 0.25) is 0 Å². The van der Waals surface area contributed by atoms with Crippen LogP contribution in [0, 0.1) is 0 Å². The molecule has 0 N–H and O–H groups in total. The van der Waals surface area contributed by atoms with Crippen LogP contribution in [0.5, 0.6) is 17.2 Å². The highest BCUT2D eigenvalue weighted by Crippen LogP contribution is 2.39. The van der Waals surface area contributed by atoms with Gasteiger partial charge in [0.25, 0.3) is 5.91 Å². The van der Waals surface area contributed by atoms with Crippen LogP contribution in [0.15, 0.2) is 42.5 Å². The lowest BCUT2D eigenvalue weighted by Crippen LogP contribution is -2.40. The van der Waals surface area contributed by atoms with E-state index >= 15 is 0 Å². The first kappa shape index (κ1) is 21.0. The number of hydrogen-bond acceptors (Lipinski definition) is 6. The number of methoxy groups -OCH3 is 3. The number of carbonyl (C=O) groups excluding carboxylic acids is 1. The molecule has 2 aromatic carbocycles. The summed E-state index contributed by atoms with van der Waals surface area (Å²) >= 11 is 0. The average molecular weight is 419 g/mol. The summed E-state index contributed by atoms with van der Waals surface area (Å²) in [4.78, 5) is 15.1. The van der Waals surface area contributed by atoms with Gasteiger partial charge in [0, 0.05) is 18.2 Å². The molecular weight excluding hydrogens is 394 g/mol. The highest BCUT2D eigenvalue weighted by atomic mass is 32.2. The smallest absolute Gasteiger partial charge is 0.254 e. The number of sulfone groups is 1. The molecule has 0 aliphatic carbocycles. The van der Waals surface area contributed by atoms with E-state index in [4.69, 9.17) is 14.2 Å². The molecular formula is C21H25NO6S. The molecule has 1 atom stereocenters.